The van der Waals surface area contributed by atoms with Crippen molar-refractivity contribution in [3.63, 3.8) is 0 Å². The molecule has 0 fully saturated rings. The minimum absolute atomic E-state index is 0.0307. The number of rotatable bonds is 4. The third-order valence-corrected chi connectivity index (χ3v) is 4.47. The van der Waals surface area contributed by atoms with Crippen molar-refractivity contribution < 1.29 is 4.79 Å². The van der Waals surface area contributed by atoms with E-state index in [1.165, 1.54) is 24.0 Å². The van der Waals surface area contributed by atoms with E-state index >= 15 is 0 Å². The summed E-state index contributed by atoms with van der Waals surface area (Å²) in [5.41, 5.74) is 10.9. The molecule has 1 amide bonds. The lowest BCUT2D eigenvalue weighted by atomic mass is 9.72. The average Bonchev–Trinajstić information content (AvgIpc) is 2.46. The normalized spacial score (nSPS) is 18.0. The number of carbonyl (C=O) groups excluding carboxylic acids is 1. The van der Waals surface area contributed by atoms with Crippen molar-refractivity contribution >= 4 is 11.5 Å². The molecule has 1 aromatic heterocycles. The maximum atomic E-state index is 11.1. The number of hydrogen-bond donors (Lipinski definition) is 1. The minimum atomic E-state index is -0.621. The van der Waals surface area contributed by atoms with Crippen LogP contribution in [0.5, 0.6) is 0 Å². The van der Waals surface area contributed by atoms with E-state index in [9.17, 15) is 4.79 Å². The molecule has 1 heterocycles. The molecule has 4 nitrogen and oxygen atoms in total. The molecule has 0 saturated carbocycles. The molecule has 0 spiro atoms. The van der Waals surface area contributed by atoms with Gasteiger partial charge in [0.25, 0.3) is 5.91 Å². The van der Waals surface area contributed by atoms with E-state index in [2.05, 4.69) is 43.4 Å². The molecule has 0 bridgehead atoms. The molecule has 0 atom stereocenters. The summed E-state index contributed by atoms with van der Waals surface area (Å²) in [6, 6.07) is 0. The average molecular weight is 311 g/mol. The Morgan fingerprint density at radius 3 is 2.43 bits per heavy atom. The lowest BCUT2D eigenvalue weighted by Gasteiger charge is -2.33. The first-order valence-electron chi connectivity index (χ1n) is 7.92. The van der Waals surface area contributed by atoms with Gasteiger partial charge in [-0.3, -0.25) is 4.79 Å². The van der Waals surface area contributed by atoms with Crippen LogP contribution in [0.3, 0.4) is 0 Å². The minimum Gasteiger partial charge on any atom is -0.363 e. The summed E-state index contributed by atoms with van der Waals surface area (Å²) in [6.45, 7) is 12.8. The first-order valence-corrected chi connectivity index (χ1v) is 7.92. The monoisotopic (exact) mass is 311 g/mol. The highest BCUT2D eigenvalue weighted by molar-refractivity contribution is 5.89. The fourth-order valence-corrected chi connectivity index (χ4v) is 3.15. The van der Waals surface area contributed by atoms with E-state index in [0.717, 1.165) is 23.1 Å². The van der Waals surface area contributed by atoms with Gasteiger partial charge in [-0.1, -0.05) is 37.6 Å². The highest BCUT2D eigenvalue weighted by Crippen LogP contribution is 2.42. The molecule has 0 unspecified atom stereocenters. The fourth-order valence-electron chi connectivity index (χ4n) is 3.15. The summed E-state index contributed by atoms with van der Waals surface area (Å²) in [4.78, 5) is 19.2. The van der Waals surface area contributed by atoms with Crippen LogP contribution in [0.15, 0.2) is 41.8 Å². The fraction of sp³-hybridized carbons (Fsp3) is 0.421. The van der Waals surface area contributed by atoms with Crippen molar-refractivity contribution in [2.45, 2.75) is 47.0 Å². The molecule has 1 aliphatic carbocycles. The van der Waals surface area contributed by atoms with Crippen molar-refractivity contribution in [2.75, 3.05) is 0 Å². The largest absolute Gasteiger partial charge is 0.363 e. The van der Waals surface area contributed by atoms with Gasteiger partial charge in [0.2, 0.25) is 5.82 Å². The molecule has 2 N–H and O–H groups in total. The van der Waals surface area contributed by atoms with E-state index in [-0.39, 0.29) is 11.2 Å². The van der Waals surface area contributed by atoms with Gasteiger partial charge in [-0.2, -0.15) is 0 Å². The third-order valence-electron chi connectivity index (χ3n) is 4.47. The van der Waals surface area contributed by atoms with Crippen LogP contribution < -0.4 is 5.73 Å². The van der Waals surface area contributed by atoms with Crippen LogP contribution in [0.4, 0.5) is 0 Å². The smallest absolute Gasteiger partial charge is 0.286 e. The molecule has 1 aromatic rings. The zero-order chi connectivity index (χ0) is 17.2. The van der Waals surface area contributed by atoms with E-state index < -0.39 is 5.91 Å². The van der Waals surface area contributed by atoms with E-state index in [0.29, 0.717) is 0 Å². The van der Waals surface area contributed by atoms with E-state index in [4.69, 9.17) is 5.73 Å². The highest BCUT2D eigenvalue weighted by Gasteiger charge is 2.27. The topological polar surface area (TPSA) is 68.9 Å². The van der Waals surface area contributed by atoms with Crippen LogP contribution >= 0.6 is 0 Å². The molecule has 0 saturated heterocycles. The summed E-state index contributed by atoms with van der Waals surface area (Å²) in [5.74, 6) is -0.590. The Bertz CT molecular complexity index is 694. The van der Waals surface area contributed by atoms with Crippen molar-refractivity contribution in [3.05, 3.63) is 53.2 Å². The quantitative estimate of drug-likeness (QED) is 0.852. The van der Waals surface area contributed by atoms with Crippen molar-refractivity contribution in [1.82, 2.24) is 9.97 Å². The van der Waals surface area contributed by atoms with Gasteiger partial charge >= 0.3 is 0 Å². The zero-order valence-corrected chi connectivity index (χ0v) is 14.4. The van der Waals surface area contributed by atoms with Crippen LogP contribution in [0, 0.1) is 5.41 Å². The highest BCUT2D eigenvalue weighted by atomic mass is 16.1. The van der Waals surface area contributed by atoms with Gasteiger partial charge < -0.3 is 5.73 Å². The first-order chi connectivity index (χ1) is 10.7. The van der Waals surface area contributed by atoms with Gasteiger partial charge in [-0.05, 0) is 49.7 Å². The van der Waals surface area contributed by atoms with Crippen LogP contribution in [0.1, 0.15) is 63.1 Å². The molecule has 4 heteroatoms. The molecular weight excluding hydrogens is 286 g/mol. The lowest BCUT2D eigenvalue weighted by Crippen LogP contribution is -2.19. The van der Waals surface area contributed by atoms with Crippen LogP contribution in [-0.4, -0.2) is 15.9 Å². The van der Waals surface area contributed by atoms with Crippen molar-refractivity contribution in [2.24, 2.45) is 11.1 Å². The van der Waals surface area contributed by atoms with Gasteiger partial charge in [-0.15, -0.1) is 0 Å². The Labute approximate surface area is 138 Å². The number of hydrogen-bond acceptors (Lipinski definition) is 3. The van der Waals surface area contributed by atoms with Gasteiger partial charge in [0, 0.05) is 18.0 Å². The Balaban J connectivity index is 2.50. The number of carbonyl (C=O) groups is 1. The van der Waals surface area contributed by atoms with Gasteiger partial charge in [0.15, 0.2) is 0 Å². The number of primary amides is 1. The Morgan fingerprint density at radius 1 is 1.35 bits per heavy atom. The molecular formula is C19H25N3O. The molecule has 23 heavy (non-hydrogen) atoms. The van der Waals surface area contributed by atoms with Crippen LogP contribution in [-0.2, 0) is 0 Å². The summed E-state index contributed by atoms with van der Waals surface area (Å²) in [6.07, 6.45) is 9.03. The predicted molar refractivity (Wildman–Crippen MR) is 93.7 cm³/mol. The number of amides is 1. The van der Waals surface area contributed by atoms with Gasteiger partial charge in [0.05, 0.1) is 0 Å². The maximum absolute atomic E-state index is 11.1. The van der Waals surface area contributed by atoms with Gasteiger partial charge in [0.1, 0.15) is 0 Å². The second-order valence-electron chi connectivity index (χ2n) is 6.93. The van der Waals surface area contributed by atoms with Crippen molar-refractivity contribution in [1.29, 1.82) is 0 Å². The van der Waals surface area contributed by atoms with E-state index in [1.54, 1.807) is 12.4 Å². The Kier molecular flexibility index (Phi) is 4.83. The van der Waals surface area contributed by atoms with E-state index in [1.807, 2.05) is 6.92 Å². The summed E-state index contributed by atoms with van der Waals surface area (Å²) in [7, 11) is 0. The third kappa shape index (κ3) is 3.76. The van der Waals surface area contributed by atoms with Crippen LogP contribution in [0.2, 0.25) is 0 Å². The maximum Gasteiger partial charge on any atom is 0.286 e. The molecule has 0 radical (unpaired) electrons. The number of nitrogens with two attached hydrogens (primary N) is 1. The Morgan fingerprint density at radius 2 is 1.96 bits per heavy atom. The molecule has 0 aromatic carbocycles. The van der Waals surface area contributed by atoms with Crippen LogP contribution in [0.25, 0.3) is 5.57 Å². The molecule has 122 valence electrons. The molecule has 1 aliphatic rings. The second kappa shape index (κ2) is 6.49. The standard InChI is InChI=1S/C19H25N3O/c1-12(2)15(14-10-21-18(17(20)23)22-11-14)9-16-13(3)7-6-8-19(16,4)5/h9-11H,1,6-8H2,2-5H3,(H2,20,23). The lowest BCUT2D eigenvalue weighted by molar-refractivity contribution is 0.0990. The SMILES string of the molecule is C=C(C)C(=CC1=C(C)CCCC1(C)C)c1cnc(C(N)=O)nc1. The predicted octanol–water partition coefficient (Wildman–Crippen LogP) is 4.06. The van der Waals surface area contributed by atoms with Crippen molar-refractivity contribution in [3.8, 4) is 0 Å². The Hall–Kier alpha value is -2.23. The first kappa shape index (κ1) is 17.1. The number of aromatic nitrogens is 2. The summed E-state index contributed by atoms with van der Waals surface area (Å²) in [5, 5.41) is 0. The molecule has 0 aliphatic heterocycles. The van der Waals surface area contributed by atoms with Gasteiger partial charge in [-0.25, -0.2) is 9.97 Å². The second-order valence-corrected chi connectivity index (χ2v) is 6.93. The summed E-state index contributed by atoms with van der Waals surface area (Å²) >= 11 is 0. The number of nitrogens with zero attached hydrogens (tertiary/aromatic N) is 2. The zero-order valence-electron chi connectivity index (χ0n) is 14.4. The number of allylic oxidation sites excluding steroid dienone is 5. The molecule has 2 rings (SSSR count). The summed E-state index contributed by atoms with van der Waals surface area (Å²) < 4.78 is 0.